The van der Waals surface area contributed by atoms with Crippen molar-refractivity contribution in [3.63, 3.8) is 0 Å². The summed E-state index contributed by atoms with van der Waals surface area (Å²) in [6, 6.07) is 0. The first kappa shape index (κ1) is 7.61. The Morgan fingerprint density at radius 3 is 2.33 bits per heavy atom. The van der Waals surface area contributed by atoms with Crippen LogP contribution in [0.4, 0.5) is 0 Å². The van der Waals surface area contributed by atoms with Gasteiger partial charge in [-0.1, -0.05) is 0 Å². The van der Waals surface area contributed by atoms with Gasteiger partial charge in [-0.05, 0) is 24.1 Å². The molecule has 0 aromatic rings. The smallest absolute Gasteiger partial charge is 0.301 e. The Bertz CT molecular complexity index is 128. The molecule has 0 aromatic heterocycles. The van der Waals surface area contributed by atoms with E-state index in [1.54, 1.807) is 6.26 Å². The molecule has 3 nitrogen and oxygen atoms in total. The largest absolute Gasteiger partial charge is 0.388 e. The van der Waals surface area contributed by atoms with E-state index in [4.69, 9.17) is 9.05 Å². The molecule has 54 valence electrons. The van der Waals surface area contributed by atoms with Gasteiger partial charge in [0.25, 0.3) is 0 Å². The van der Waals surface area contributed by atoms with Gasteiger partial charge in [0.05, 0.1) is 13.2 Å². The minimum Gasteiger partial charge on any atom is -0.301 e. The molecule has 5 heteroatoms. The van der Waals surface area contributed by atoms with Crippen LogP contribution in [-0.2, 0) is 13.6 Å². The minimum atomic E-state index is -2.68. The lowest BCUT2D eigenvalue weighted by molar-refractivity contribution is 0.160. The zero-order chi connectivity index (χ0) is 6.74. The summed E-state index contributed by atoms with van der Waals surface area (Å²) in [7, 11) is 0. The summed E-state index contributed by atoms with van der Waals surface area (Å²) in [4.78, 5) is 0. The molecule has 0 aromatic carbocycles. The molecule has 0 aliphatic carbocycles. The van der Waals surface area contributed by atoms with Crippen molar-refractivity contribution < 1.29 is 13.6 Å². The first-order valence-electron chi connectivity index (χ1n) is 2.72. The molecule has 1 aliphatic heterocycles. The fourth-order valence-corrected chi connectivity index (χ4v) is 2.62. The van der Waals surface area contributed by atoms with E-state index in [1.165, 1.54) is 0 Å². The maximum absolute atomic E-state index is 11.1. The summed E-state index contributed by atoms with van der Waals surface area (Å²) in [5, 5.41) is 0. The highest BCUT2D eigenvalue weighted by atomic mass is 32.7. The summed E-state index contributed by atoms with van der Waals surface area (Å²) in [5.74, 6) is 0. The number of hydrogen-bond donors (Lipinski definition) is 0. The van der Waals surface area contributed by atoms with Gasteiger partial charge in [-0.3, -0.25) is 0 Å². The summed E-state index contributed by atoms with van der Waals surface area (Å²) in [6.07, 6.45) is 2.58. The van der Waals surface area contributed by atoms with Crippen LogP contribution in [0, 0.1) is 0 Å². The highest BCUT2D eigenvalue weighted by Crippen LogP contribution is 2.60. The van der Waals surface area contributed by atoms with Crippen LogP contribution in [0.3, 0.4) is 0 Å². The zero-order valence-electron chi connectivity index (χ0n) is 5.20. The second-order valence-electron chi connectivity index (χ2n) is 1.65. The fraction of sp³-hybridized carbons (Fsp3) is 1.00. The quantitative estimate of drug-likeness (QED) is 0.560. The van der Waals surface area contributed by atoms with Crippen molar-refractivity contribution in [2.45, 2.75) is 6.42 Å². The summed E-state index contributed by atoms with van der Waals surface area (Å²) in [5.41, 5.74) is 0. The highest BCUT2D eigenvalue weighted by molar-refractivity contribution is 8.54. The summed E-state index contributed by atoms with van der Waals surface area (Å²) >= 11 is 1.16. The van der Waals surface area contributed by atoms with Gasteiger partial charge in [-0.15, -0.1) is 0 Å². The molecule has 0 N–H and O–H groups in total. The maximum Gasteiger partial charge on any atom is 0.388 e. The van der Waals surface area contributed by atoms with E-state index in [0.29, 0.717) is 13.2 Å². The van der Waals surface area contributed by atoms with Crippen molar-refractivity contribution in [2.24, 2.45) is 0 Å². The van der Waals surface area contributed by atoms with Crippen LogP contribution >= 0.6 is 18.2 Å². The van der Waals surface area contributed by atoms with Crippen LogP contribution < -0.4 is 0 Å². The Labute approximate surface area is 58.4 Å². The van der Waals surface area contributed by atoms with Crippen molar-refractivity contribution in [3.8, 4) is 0 Å². The van der Waals surface area contributed by atoms with Gasteiger partial charge in [-0.2, -0.15) is 0 Å². The first-order chi connectivity index (χ1) is 4.27. The predicted molar refractivity (Wildman–Crippen MR) is 37.6 cm³/mol. The molecular weight excluding hydrogens is 159 g/mol. The van der Waals surface area contributed by atoms with Crippen LogP contribution in [0.1, 0.15) is 6.42 Å². The molecular formula is C4H9O3PS. The van der Waals surface area contributed by atoms with E-state index >= 15 is 0 Å². The Balaban J connectivity index is 2.47. The van der Waals surface area contributed by atoms with Crippen LogP contribution in [0.25, 0.3) is 0 Å². The lowest BCUT2D eigenvalue weighted by Gasteiger charge is -2.19. The molecule has 0 saturated carbocycles. The lowest BCUT2D eigenvalue weighted by Crippen LogP contribution is -2.05. The van der Waals surface area contributed by atoms with Gasteiger partial charge in [0, 0.05) is 0 Å². The molecule has 1 fully saturated rings. The molecule has 1 aliphatic rings. The standard InChI is InChI=1S/C4H9O3PS/c1-9-8(5)6-3-2-4-7-8/h2-4H2,1H3. The fourth-order valence-electron chi connectivity index (χ4n) is 0.554. The molecule has 0 radical (unpaired) electrons. The van der Waals surface area contributed by atoms with Gasteiger partial charge in [0.15, 0.2) is 0 Å². The van der Waals surface area contributed by atoms with Crippen molar-refractivity contribution in [3.05, 3.63) is 0 Å². The van der Waals surface area contributed by atoms with Crippen LogP contribution in [-0.4, -0.2) is 19.5 Å². The SMILES string of the molecule is CSP1(=O)OCCCO1. The normalized spacial score (nSPS) is 25.9. The Hall–Kier alpha value is 0.500. The van der Waals surface area contributed by atoms with E-state index in [1.807, 2.05) is 0 Å². The molecule has 9 heavy (non-hydrogen) atoms. The maximum atomic E-state index is 11.1. The molecule has 0 spiro atoms. The third-order valence-electron chi connectivity index (χ3n) is 1.01. The van der Waals surface area contributed by atoms with Gasteiger partial charge in [-0.25, -0.2) is 4.57 Å². The third-order valence-corrected chi connectivity index (χ3v) is 4.43. The van der Waals surface area contributed by atoms with Crippen LogP contribution in [0.15, 0.2) is 0 Å². The van der Waals surface area contributed by atoms with Gasteiger partial charge >= 0.3 is 6.80 Å². The van der Waals surface area contributed by atoms with Gasteiger partial charge in [0.1, 0.15) is 0 Å². The Morgan fingerprint density at radius 1 is 1.44 bits per heavy atom. The van der Waals surface area contributed by atoms with Crippen molar-refractivity contribution in [2.75, 3.05) is 19.5 Å². The predicted octanol–water partition coefficient (Wildman–Crippen LogP) is 1.89. The average Bonchev–Trinajstić information content (AvgIpc) is 1.90. The summed E-state index contributed by atoms with van der Waals surface area (Å²) < 4.78 is 20.9. The number of rotatable bonds is 1. The molecule has 0 amide bonds. The molecule has 1 heterocycles. The second kappa shape index (κ2) is 3.06. The molecule has 0 bridgehead atoms. The number of hydrogen-bond acceptors (Lipinski definition) is 4. The summed E-state index contributed by atoms with van der Waals surface area (Å²) in [6.45, 7) is -1.54. The van der Waals surface area contributed by atoms with E-state index in [0.717, 1.165) is 17.8 Å². The highest BCUT2D eigenvalue weighted by Gasteiger charge is 2.25. The van der Waals surface area contributed by atoms with E-state index < -0.39 is 6.80 Å². The first-order valence-corrected chi connectivity index (χ1v) is 6.09. The van der Waals surface area contributed by atoms with Crippen molar-refractivity contribution >= 4 is 18.2 Å². The topological polar surface area (TPSA) is 35.5 Å². The molecule has 1 saturated heterocycles. The third kappa shape index (κ3) is 1.97. The van der Waals surface area contributed by atoms with Crippen LogP contribution in [0.2, 0.25) is 0 Å². The Kier molecular flexibility index (Phi) is 2.59. The van der Waals surface area contributed by atoms with E-state index in [-0.39, 0.29) is 0 Å². The van der Waals surface area contributed by atoms with Crippen LogP contribution in [0.5, 0.6) is 0 Å². The average molecular weight is 168 g/mol. The van der Waals surface area contributed by atoms with E-state index in [9.17, 15) is 4.57 Å². The minimum absolute atomic E-state index is 0.568. The Morgan fingerprint density at radius 2 is 2.00 bits per heavy atom. The van der Waals surface area contributed by atoms with E-state index in [2.05, 4.69) is 0 Å². The lowest BCUT2D eigenvalue weighted by atomic mass is 10.5. The molecule has 0 unspecified atom stereocenters. The van der Waals surface area contributed by atoms with Gasteiger partial charge < -0.3 is 9.05 Å². The second-order valence-corrected chi connectivity index (χ2v) is 5.86. The monoisotopic (exact) mass is 168 g/mol. The van der Waals surface area contributed by atoms with Gasteiger partial charge in [0.2, 0.25) is 0 Å². The molecule has 1 rings (SSSR count). The van der Waals surface area contributed by atoms with Crippen molar-refractivity contribution in [1.29, 1.82) is 0 Å². The zero-order valence-corrected chi connectivity index (χ0v) is 6.91. The molecule has 0 atom stereocenters. The van der Waals surface area contributed by atoms with Crippen molar-refractivity contribution in [1.82, 2.24) is 0 Å².